The smallest absolute Gasteiger partial charge is 0.0880 e. The molecule has 2 aromatic rings. The average molecular weight is 361 g/mol. The van der Waals surface area contributed by atoms with E-state index in [1.807, 2.05) is 0 Å². The van der Waals surface area contributed by atoms with E-state index in [1.165, 1.54) is 43.5 Å². The molecule has 0 radical (unpaired) electrons. The molecule has 0 heterocycles. The van der Waals surface area contributed by atoms with Gasteiger partial charge < -0.3 is 4.90 Å². The van der Waals surface area contributed by atoms with Gasteiger partial charge in [-0.05, 0) is 67.4 Å². The molecule has 1 nitrogen and oxygen atoms in total. The molecule has 27 heavy (non-hydrogen) atoms. The zero-order valence-electron chi connectivity index (χ0n) is 16.7. The van der Waals surface area contributed by atoms with Crippen molar-refractivity contribution in [2.75, 3.05) is 20.1 Å². The maximum Gasteiger partial charge on any atom is 0.0880 e. The largest absolute Gasteiger partial charge is 0.336 e. The Morgan fingerprint density at radius 1 is 0.778 bits per heavy atom. The van der Waals surface area contributed by atoms with Crippen LogP contribution in [-0.4, -0.2) is 20.1 Å². The van der Waals surface area contributed by atoms with Gasteiger partial charge in [0.05, 0.1) is 26.1 Å². The lowest BCUT2D eigenvalue weighted by atomic mass is 9.49. The Labute approximate surface area is 164 Å². The summed E-state index contributed by atoms with van der Waals surface area (Å²) in [6, 6.07) is 22.3. The number of rotatable bonds is 6. The summed E-state index contributed by atoms with van der Waals surface area (Å²) in [6.07, 6.45) is 9.23. The minimum absolute atomic E-state index is 0.501. The second kappa shape index (κ2) is 7.09. The Hall–Kier alpha value is -1.60. The monoisotopic (exact) mass is 360 g/mol. The summed E-state index contributed by atoms with van der Waals surface area (Å²) in [6.45, 7) is 2.59. The number of hydrogen-bond acceptors (Lipinski definition) is 0. The van der Waals surface area contributed by atoms with Crippen LogP contribution < -0.4 is 4.90 Å². The molecule has 4 saturated carbocycles. The van der Waals surface area contributed by atoms with Crippen LogP contribution in [0.4, 0.5) is 0 Å². The van der Waals surface area contributed by atoms with Crippen molar-refractivity contribution < 1.29 is 4.90 Å². The topological polar surface area (TPSA) is 4.44 Å². The van der Waals surface area contributed by atoms with Crippen LogP contribution in [0.3, 0.4) is 0 Å². The van der Waals surface area contributed by atoms with Gasteiger partial charge in [0.15, 0.2) is 0 Å². The fraction of sp³-hybridized carbons (Fsp3) is 0.538. The van der Waals surface area contributed by atoms with Crippen LogP contribution in [0.1, 0.15) is 55.6 Å². The molecular weight excluding hydrogens is 326 g/mol. The third-order valence-corrected chi connectivity index (χ3v) is 7.80. The van der Waals surface area contributed by atoms with Crippen LogP contribution in [0.5, 0.6) is 0 Å². The number of nitrogens with one attached hydrogen (secondary N) is 1. The van der Waals surface area contributed by atoms with Crippen molar-refractivity contribution in [3.05, 3.63) is 71.8 Å². The van der Waals surface area contributed by atoms with Gasteiger partial charge in [0.1, 0.15) is 0 Å². The van der Waals surface area contributed by atoms with E-state index in [0.29, 0.717) is 11.3 Å². The highest BCUT2D eigenvalue weighted by molar-refractivity contribution is 5.32. The predicted octanol–water partition coefficient (Wildman–Crippen LogP) is 4.55. The van der Waals surface area contributed by atoms with Crippen molar-refractivity contribution in [2.45, 2.75) is 44.4 Å². The van der Waals surface area contributed by atoms with E-state index < -0.39 is 0 Å². The molecule has 1 unspecified atom stereocenters. The summed E-state index contributed by atoms with van der Waals surface area (Å²) in [5.74, 6) is 3.68. The Bertz CT molecular complexity index is 676. The Kier molecular flexibility index (Phi) is 4.60. The predicted molar refractivity (Wildman–Crippen MR) is 112 cm³/mol. The number of benzene rings is 2. The second-order valence-corrected chi connectivity index (χ2v) is 10.1. The molecule has 0 amide bonds. The Morgan fingerprint density at radius 3 is 1.67 bits per heavy atom. The lowest BCUT2D eigenvalue weighted by Crippen LogP contribution is -3.11. The quantitative estimate of drug-likeness (QED) is 0.771. The van der Waals surface area contributed by atoms with Crippen molar-refractivity contribution in [3.63, 3.8) is 0 Å². The number of quaternary nitrogens is 1. The van der Waals surface area contributed by atoms with Gasteiger partial charge in [-0.2, -0.15) is 0 Å². The molecule has 4 aliphatic carbocycles. The molecule has 4 bridgehead atoms. The zero-order valence-corrected chi connectivity index (χ0v) is 16.7. The van der Waals surface area contributed by atoms with E-state index in [-0.39, 0.29) is 0 Å². The minimum Gasteiger partial charge on any atom is -0.336 e. The van der Waals surface area contributed by atoms with E-state index in [0.717, 1.165) is 17.8 Å². The molecule has 1 atom stereocenters. The molecule has 0 aliphatic heterocycles. The second-order valence-electron chi connectivity index (χ2n) is 10.1. The highest BCUT2D eigenvalue weighted by Gasteiger charge is 2.52. The van der Waals surface area contributed by atoms with Crippen LogP contribution in [0.2, 0.25) is 0 Å². The summed E-state index contributed by atoms with van der Waals surface area (Å²) in [4.78, 5) is 1.73. The van der Waals surface area contributed by atoms with E-state index in [1.54, 1.807) is 24.2 Å². The highest BCUT2D eigenvalue weighted by Crippen LogP contribution is 2.59. The average Bonchev–Trinajstić information content (AvgIpc) is 2.66. The molecule has 4 fully saturated rings. The number of likely N-dealkylation sites (N-methyl/N-ethyl adjacent to an activating group) is 1. The van der Waals surface area contributed by atoms with Gasteiger partial charge in [-0.25, -0.2) is 0 Å². The first-order chi connectivity index (χ1) is 13.2. The summed E-state index contributed by atoms with van der Waals surface area (Å²) in [7, 11) is 2.46. The molecule has 1 heteroatoms. The third-order valence-electron chi connectivity index (χ3n) is 7.80. The van der Waals surface area contributed by atoms with Gasteiger partial charge in [-0.1, -0.05) is 60.7 Å². The lowest BCUT2D eigenvalue weighted by Gasteiger charge is -2.56. The first-order valence-corrected chi connectivity index (χ1v) is 11.1. The summed E-state index contributed by atoms with van der Waals surface area (Å²) in [5, 5.41) is 0. The third kappa shape index (κ3) is 3.59. The van der Waals surface area contributed by atoms with E-state index in [9.17, 15) is 0 Å². The van der Waals surface area contributed by atoms with Crippen molar-refractivity contribution in [3.8, 4) is 0 Å². The van der Waals surface area contributed by atoms with E-state index >= 15 is 0 Å². The van der Waals surface area contributed by atoms with Crippen LogP contribution in [0.25, 0.3) is 0 Å². The molecule has 142 valence electrons. The number of hydrogen-bond donors (Lipinski definition) is 1. The lowest BCUT2D eigenvalue weighted by molar-refractivity contribution is -0.888. The summed E-state index contributed by atoms with van der Waals surface area (Å²) >= 11 is 0. The fourth-order valence-corrected chi connectivity index (χ4v) is 7.37. The first-order valence-electron chi connectivity index (χ1n) is 11.1. The van der Waals surface area contributed by atoms with E-state index in [2.05, 4.69) is 67.7 Å². The standard InChI is InChI=1S/C26H33N/c1-27(19-26-15-20-12-21(16-26)14-22(13-20)17-26)18-25(23-8-4-2-5-9-23)24-10-6-3-7-11-24/h2-11,20-22,25H,12-19H2,1H3/p+1. The maximum atomic E-state index is 2.46. The maximum absolute atomic E-state index is 2.46. The fourth-order valence-electron chi connectivity index (χ4n) is 7.37. The van der Waals surface area contributed by atoms with Gasteiger partial charge in [-0.3, -0.25) is 0 Å². The van der Waals surface area contributed by atoms with Crippen LogP contribution in [0.15, 0.2) is 60.7 Å². The summed E-state index contributed by atoms with van der Waals surface area (Å²) < 4.78 is 0. The summed E-state index contributed by atoms with van der Waals surface area (Å²) in [5.41, 5.74) is 3.60. The molecule has 0 saturated heterocycles. The molecular formula is C26H34N+. The van der Waals surface area contributed by atoms with Crippen molar-refractivity contribution >= 4 is 0 Å². The molecule has 0 spiro atoms. The molecule has 2 aromatic carbocycles. The van der Waals surface area contributed by atoms with Crippen molar-refractivity contribution in [1.29, 1.82) is 0 Å². The van der Waals surface area contributed by atoms with Crippen LogP contribution in [-0.2, 0) is 0 Å². The van der Waals surface area contributed by atoms with Crippen molar-refractivity contribution in [1.82, 2.24) is 0 Å². The van der Waals surface area contributed by atoms with Gasteiger partial charge >= 0.3 is 0 Å². The Morgan fingerprint density at radius 2 is 1.22 bits per heavy atom. The zero-order chi connectivity index (χ0) is 18.3. The minimum atomic E-state index is 0.501. The van der Waals surface area contributed by atoms with Gasteiger partial charge in [0.2, 0.25) is 0 Å². The van der Waals surface area contributed by atoms with E-state index in [4.69, 9.17) is 0 Å². The molecule has 6 rings (SSSR count). The van der Waals surface area contributed by atoms with Gasteiger partial charge in [0, 0.05) is 5.41 Å². The first kappa shape index (κ1) is 17.5. The van der Waals surface area contributed by atoms with Crippen molar-refractivity contribution in [2.24, 2.45) is 23.2 Å². The normalized spacial score (nSPS) is 32.7. The van der Waals surface area contributed by atoms with Gasteiger partial charge in [-0.15, -0.1) is 0 Å². The van der Waals surface area contributed by atoms with Crippen LogP contribution >= 0.6 is 0 Å². The SMILES string of the molecule is C[NH+](CC(c1ccccc1)c1ccccc1)CC12CC3CC(CC(C3)C1)C2. The highest BCUT2D eigenvalue weighted by atomic mass is 15.1. The molecule has 0 aromatic heterocycles. The molecule has 1 N–H and O–H groups in total. The molecule has 4 aliphatic rings. The van der Waals surface area contributed by atoms with Crippen LogP contribution in [0, 0.1) is 23.2 Å². The Balaban J connectivity index is 1.34. The van der Waals surface area contributed by atoms with Gasteiger partial charge in [0.25, 0.3) is 0 Å².